The van der Waals surface area contributed by atoms with Gasteiger partial charge in [-0.2, -0.15) is 5.26 Å². The molecule has 33 heavy (non-hydrogen) atoms. The van der Waals surface area contributed by atoms with Crippen molar-refractivity contribution in [3.63, 3.8) is 0 Å². The quantitative estimate of drug-likeness (QED) is 0.380. The molecule has 1 atom stereocenters. The van der Waals surface area contributed by atoms with Gasteiger partial charge in [0.15, 0.2) is 0 Å². The molecule has 3 aromatic carbocycles. The van der Waals surface area contributed by atoms with E-state index in [2.05, 4.69) is 5.32 Å². The highest BCUT2D eigenvalue weighted by atomic mass is 35.5. The number of nitrogens with zero attached hydrogens (tertiary/aromatic N) is 2. The van der Waals surface area contributed by atoms with Crippen LogP contribution in [0.3, 0.4) is 0 Å². The Kier molecular flexibility index (Phi) is 6.83. The van der Waals surface area contributed by atoms with Crippen molar-refractivity contribution >= 4 is 46.6 Å². The molecule has 0 saturated carbocycles. The zero-order valence-electron chi connectivity index (χ0n) is 17.8. The molecule has 0 aliphatic carbocycles. The molecule has 7 heteroatoms. The monoisotopic (exact) mass is 473 g/mol. The number of hydrogen-bond acceptors (Lipinski definition) is 4. The number of benzene rings is 3. The first-order valence-electron chi connectivity index (χ1n) is 10.3. The molecule has 0 radical (unpaired) electrons. The van der Waals surface area contributed by atoms with Gasteiger partial charge >= 0.3 is 0 Å². The molecule has 2 amide bonds. The lowest BCUT2D eigenvalue weighted by Gasteiger charge is -2.19. The van der Waals surface area contributed by atoms with Crippen LogP contribution in [-0.4, -0.2) is 17.1 Å². The standard InChI is InChI=1S/C26H20ClN3O2S/c1-17-7-11-20(12-8-17)29-24(31)22(16-28)26-30(21-13-9-19(27)10-14-21)25(32)23(33-26)15-18-5-3-2-4-6-18/h2-14,23H,15H2,1H3,(H,29,31)/b26-22-/t23-/m1/s1. The second-order valence-corrected chi connectivity index (χ2v) is 9.19. The van der Waals surface area contributed by atoms with Gasteiger partial charge in [0, 0.05) is 16.4 Å². The molecule has 3 aromatic rings. The summed E-state index contributed by atoms with van der Waals surface area (Å²) >= 11 is 7.27. The van der Waals surface area contributed by atoms with E-state index in [1.807, 2.05) is 55.5 Å². The maximum Gasteiger partial charge on any atom is 0.269 e. The molecule has 0 spiro atoms. The number of aryl methyl sites for hydroxylation is 1. The summed E-state index contributed by atoms with van der Waals surface area (Å²) in [4.78, 5) is 27.9. The Morgan fingerprint density at radius 1 is 1.06 bits per heavy atom. The highest BCUT2D eigenvalue weighted by Crippen LogP contribution is 2.42. The Balaban J connectivity index is 1.72. The molecule has 0 bridgehead atoms. The highest BCUT2D eigenvalue weighted by Gasteiger charge is 2.40. The van der Waals surface area contributed by atoms with Gasteiger partial charge in [0.25, 0.3) is 5.91 Å². The molecule has 164 valence electrons. The van der Waals surface area contributed by atoms with E-state index in [-0.39, 0.29) is 11.5 Å². The second kappa shape index (κ2) is 9.95. The molecule has 1 fully saturated rings. The number of thioether (sulfide) groups is 1. The van der Waals surface area contributed by atoms with Crippen LogP contribution in [0.4, 0.5) is 11.4 Å². The molecule has 0 unspecified atom stereocenters. The first-order valence-corrected chi connectivity index (χ1v) is 11.5. The Labute approximate surface area is 201 Å². The summed E-state index contributed by atoms with van der Waals surface area (Å²) in [5.74, 6) is -0.743. The summed E-state index contributed by atoms with van der Waals surface area (Å²) < 4.78 is 0. The Bertz CT molecular complexity index is 1250. The average molecular weight is 474 g/mol. The molecule has 0 aromatic heterocycles. The van der Waals surface area contributed by atoms with Crippen molar-refractivity contribution in [1.82, 2.24) is 0 Å². The third-order valence-electron chi connectivity index (χ3n) is 5.16. The molecule has 1 saturated heterocycles. The topological polar surface area (TPSA) is 73.2 Å². The van der Waals surface area contributed by atoms with Crippen molar-refractivity contribution in [2.45, 2.75) is 18.6 Å². The average Bonchev–Trinajstić information content (AvgIpc) is 3.12. The summed E-state index contributed by atoms with van der Waals surface area (Å²) in [6, 6.07) is 25.7. The number of nitrogens with one attached hydrogen (secondary N) is 1. The summed E-state index contributed by atoms with van der Waals surface area (Å²) in [5.41, 5.74) is 3.08. The van der Waals surface area contributed by atoms with Crippen LogP contribution in [0.15, 0.2) is 89.5 Å². The minimum Gasteiger partial charge on any atom is -0.321 e. The fourth-order valence-corrected chi connectivity index (χ4v) is 4.91. The van der Waals surface area contributed by atoms with Gasteiger partial charge in [-0.3, -0.25) is 14.5 Å². The molecule has 1 aliphatic rings. The molecule has 1 N–H and O–H groups in total. The van der Waals surface area contributed by atoms with Crippen LogP contribution in [-0.2, 0) is 16.0 Å². The van der Waals surface area contributed by atoms with Crippen molar-refractivity contribution in [2.24, 2.45) is 0 Å². The molecular formula is C26H20ClN3O2S. The lowest BCUT2D eigenvalue weighted by atomic mass is 10.1. The fraction of sp³-hybridized carbons (Fsp3) is 0.115. The first kappa shape index (κ1) is 22.7. The lowest BCUT2D eigenvalue weighted by molar-refractivity contribution is -0.117. The summed E-state index contributed by atoms with van der Waals surface area (Å²) in [6.45, 7) is 1.95. The third kappa shape index (κ3) is 5.11. The minimum atomic E-state index is -0.559. The van der Waals surface area contributed by atoms with Crippen LogP contribution >= 0.6 is 23.4 Å². The molecule has 4 rings (SSSR count). The van der Waals surface area contributed by atoms with Gasteiger partial charge in [-0.05, 0) is 55.3 Å². The van der Waals surface area contributed by atoms with Gasteiger partial charge in [0.2, 0.25) is 5.91 Å². The van der Waals surface area contributed by atoms with Gasteiger partial charge in [-0.25, -0.2) is 0 Å². The van der Waals surface area contributed by atoms with E-state index in [0.29, 0.717) is 27.8 Å². The molecule has 1 aliphatic heterocycles. The number of carbonyl (C=O) groups excluding carboxylic acids is 2. The van der Waals surface area contributed by atoms with E-state index < -0.39 is 11.2 Å². The van der Waals surface area contributed by atoms with Gasteiger partial charge in [-0.1, -0.05) is 71.4 Å². The Hall–Kier alpha value is -3.53. The first-order chi connectivity index (χ1) is 16.0. The number of hydrogen-bond donors (Lipinski definition) is 1. The van der Waals surface area contributed by atoms with Crippen molar-refractivity contribution < 1.29 is 9.59 Å². The molecule has 1 heterocycles. The predicted molar refractivity (Wildman–Crippen MR) is 133 cm³/mol. The number of nitriles is 1. The van der Waals surface area contributed by atoms with Gasteiger partial charge in [0.05, 0.1) is 5.25 Å². The van der Waals surface area contributed by atoms with E-state index in [4.69, 9.17) is 11.6 Å². The second-order valence-electron chi connectivity index (χ2n) is 7.56. The SMILES string of the molecule is Cc1ccc(NC(=O)/C(C#N)=C2\S[C@H](Cc3ccccc3)C(=O)N2c2ccc(Cl)cc2)cc1. The van der Waals surface area contributed by atoms with Crippen LogP contribution < -0.4 is 10.2 Å². The summed E-state index contributed by atoms with van der Waals surface area (Å²) in [7, 11) is 0. The largest absolute Gasteiger partial charge is 0.321 e. The smallest absolute Gasteiger partial charge is 0.269 e. The maximum absolute atomic E-state index is 13.4. The zero-order valence-corrected chi connectivity index (χ0v) is 19.4. The highest BCUT2D eigenvalue weighted by molar-refractivity contribution is 8.05. The van der Waals surface area contributed by atoms with E-state index in [0.717, 1.165) is 11.1 Å². The number of amides is 2. The number of halogens is 1. The van der Waals surface area contributed by atoms with E-state index in [9.17, 15) is 14.9 Å². The van der Waals surface area contributed by atoms with Crippen molar-refractivity contribution in [3.8, 4) is 6.07 Å². The lowest BCUT2D eigenvalue weighted by Crippen LogP contribution is -2.30. The fourth-order valence-electron chi connectivity index (χ4n) is 3.47. The number of carbonyl (C=O) groups is 2. The van der Waals surface area contributed by atoms with Crippen LogP contribution in [0.2, 0.25) is 5.02 Å². The molecular weight excluding hydrogens is 454 g/mol. The van der Waals surface area contributed by atoms with Crippen LogP contribution in [0, 0.1) is 18.3 Å². The minimum absolute atomic E-state index is 0.112. The van der Waals surface area contributed by atoms with Gasteiger partial charge < -0.3 is 5.32 Å². The van der Waals surface area contributed by atoms with Gasteiger partial charge in [0.1, 0.15) is 16.7 Å². The van der Waals surface area contributed by atoms with Crippen molar-refractivity contribution in [1.29, 1.82) is 5.26 Å². The van der Waals surface area contributed by atoms with Crippen molar-refractivity contribution in [3.05, 3.63) is 106 Å². The zero-order chi connectivity index (χ0) is 23.4. The van der Waals surface area contributed by atoms with Crippen LogP contribution in [0.5, 0.6) is 0 Å². The number of anilines is 2. The van der Waals surface area contributed by atoms with Crippen molar-refractivity contribution in [2.75, 3.05) is 10.2 Å². The van der Waals surface area contributed by atoms with E-state index >= 15 is 0 Å². The molecule has 5 nitrogen and oxygen atoms in total. The summed E-state index contributed by atoms with van der Waals surface area (Å²) in [6.07, 6.45) is 0.482. The summed E-state index contributed by atoms with van der Waals surface area (Å²) in [5, 5.41) is 13.1. The van der Waals surface area contributed by atoms with E-state index in [1.165, 1.54) is 16.7 Å². The van der Waals surface area contributed by atoms with Gasteiger partial charge in [-0.15, -0.1) is 0 Å². The third-order valence-corrected chi connectivity index (χ3v) is 6.68. The predicted octanol–water partition coefficient (Wildman–Crippen LogP) is 5.71. The van der Waals surface area contributed by atoms with Crippen LogP contribution in [0.25, 0.3) is 0 Å². The number of rotatable bonds is 5. The van der Waals surface area contributed by atoms with Crippen LogP contribution in [0.1, 0.15) is 11.1 Å². The Morgan fingerprint density at radius 3 is 2.36 bits per heavy atom. The normalized spacial score (nSPS) is 16.9. The maximum atomic E-state index is 13.4. The Morgan fingerprint density at radius 2 is 1.73 bits per heavy atom. The van der Waals surface area contributed by atoms with E-state index in [1.54, 1.807) is 36.4 Å².